The van der Waals surface area contributed by atoms with Gasteiger partial charge >= 0.3 is 6.09 Å². The maximum absolute atomic E-state index is 12.2. The molecule has 1 fully saturated rings. The maximum Gasteiger partial charge on any atom is 0.410 e. The van der Waals surface area contributed by atoms with Crippen molar-refractivity contribution in [1.29, 1.82) is 0 Å². The first-order valence-corrected chi connectivity index (χ1v) is 7.92. The molecule has 1 aliphatic heterocycles. The minimum Gasteiger partial charge on any atom is -0.444 e. The fourth-order valence-corrected chi connectivity index (χ4v) is 2.74. The molecule has 0 N–H and O–H groups in total. The zero-order valence-electron chi connectivity index (χ0n) is 14.2. The third-order valence-electron chi connectivity index (χ3n) is 3.95. The summed E-state index contributed by atoms with van der Waals surface area (Å²) in [6.45, 7) is 12.3. The second-order valence-corrected chi connectivity index (χ2v) is 6.95. The SMILES string of the molecule is C[C@H](c1ccccn1)N1CCN(C(=O)OC(C)(C)C)[C@H](C)C1. The van der Waals surface area contributed by atoms with Crippen molar-refractivity contribution in [2.45, 2.75) is 52.3 Å². The number of carbonyl (C=O) groups is 1. The van der Waals surface area contributed by atoms with Crippen molar-refractivity contribution in [3.63, 3.8) is 0 Å². The Balaban J connectivity index is 1.96. The molecule has 1 aromatic rings. The quantitative estimate of drug-likeness (QED) is 0.842. The van der Waals surface area contributed by atoms with Crippen molar-refractivity contribution >= 4 is 6.09 Å². The van der Waals surface area contributed by atoms with Gasteiger partial charge in [0.1, 0.15) is 5.60 Å². The fourth-order valence-electron chi connectivity index (χ4n) is 2.74. The molecule has 2 atom stereocenters. The van der Waals surface area contributed by atoms with E-state index in [0.717, 1.165) is 18.8 Å². The number of nitrogens with zero attached hydrogens (tertiary/aromatic N) is 3. The summed E-state index contributed by atoms with van der Waals surface area (Å²) in [5.41, 5.74) is 0.621. The lowest BCUT2D eigenvalue weighted by atomic mass is 10.1. The Hall–Kier alpha value is -1.62. The minimum absolute atomic E-state index is 0.134. The Morgan fingerprint density at radius 2 is 2.09 bits per heavy atom. The molecule has 5 heteroatoms. The first-order valence-electron chi connectivity index (χ1n) is 7.92. The number of amides is 1. The summed E-state index contributed by atoms with van der Waals surface area (Å²) in [4.78, 5) is 20.9. The number of aromatic nitrogens is 1. The summed E-state index contributed by atoms with van der Waals surface area (Å²) in [6, 6.07) is 6.38. The highest BCUT2D eigenvalue weighted by atomic mass is 16.6. The Kier molecular flexibility index (Phi) is 5.06. The molecule has 1 aliphatic rings. The van der Waals surface area contributed by atoms with Crippen molar-refractivity contribution in [3.8, 4) is 0 Å². The first kappa shape index (κ1) is 16.7. The van der Waals surface area contributed by atoms with Crippen LogP contribution in [0.25, 0.3) is 0 Å². The van der Waals surface area contributed by atoms with Crippen LogP contribution >= 0.6 is 0 Å². The summed E-state index contributed by atoms with van der Waals surface area (Å²) in [6.07, 6.45) is 1.61. The van der Waals surface area contributed by atoms with Gasteiger partial charge in [-0.25, -0.2) is 4.79 Å². The summed E-state index contributed by atoms with van der Waals surface area (Å²) >= 11 is 0. The monoisotopic (exact) mass is 305 g/mol. The normalized spacial score (nSPS) is 21.5. The lowest BCUT2D eigenvalue weighted by Gasteiger charge is -2.42. The molecule has 2 rings (SSSR count). The van der Waals surface area contributed by atoms with Gasteiger partial charge < -0.3 is 9.64 Å². The Morgan fingerprint density at radius 1 is 1.36 bits per heavy atom. The summed E-state index contributed by atoms with van der Waals surface area (Å²) < 4.78 is 5.48. The number of piperazine rings is 1. The van der Waals surface area contributed by atoms with E-state index in [0.29, 0.717) is 6.54 Å². The standard InChI is InChI=1S/C17H27N3O2/c1-13-12-19(14(2)15-8-6-7-9-18-15)10-11-20(13)16(21)22-17(3,4)5/h6-9,13-14H,10-12H2,1-5H3/t13-,14-/m1/s1. The van der Waals surface area contributed by atoms with Gasteiger partial charge in [0.25, 0.3) is 0 Å². The zero-order chi connectivity index (χ0) is 16.3. The van der Waals surface area contributed by atoms with Gasteiger partial charge in [-0.2, -0.15) is 0 Å². The minimum atomic E-state index is -0.449. The first-order chi connectivity index (χ1) is 10.3. The number of hydrogen-bond acceptors (Lipinski definition) is 4. The van der Waals surface area contributed by atoms with E-state index in [4.69, 9.17) is 4.74 Å². The van der Waals surface area contributed by atoms with Crippen LogP contribution in [0.5, 0.6) is 0 Å². The summed E-state index contributed by atoms with van der Waals surface area (Å²) in [5.74, 6) is 0. The van der Waals surface area contributed by atoms with Crippen LogP contribution < -0.4 is 0 Å². The molecular weight excluding hydrogens is 278 g/mol. The maximum atomic E-state index is 12.2. The second kappa shape index (κ2) is 6.65. The number of pyridine rings is 1. The zero-order valence-corrected chi connectivity index (χ0v) is 14.2. The predicted octanol–water partition coefficient (Wildman–Crippen LogP) is 3.08. The van der Waals surface area contributed by atoms with Gasteiger partial charge in [0.05, 0.1) is 5.69 Å². The van der Waals surface area contributed by atoms with Crippen molar-refractivity contribution in [2.24, 2.45) is 0 Å². The smallest absolute Gasteiger partial charge is 0.410 e. The van der Waals surface area contributed by atoms with Crippen molar-refractivity contribution < 1.29 is 9.53 Å². The summed E-state index contributed by atoms with van der Waals surface area (Å²) in [5, 5.41) is 0. The largest absolute Gasteiger partial charge is 0.444 e. The molecule has 2 heterocycles. The lowest BCUT2D eigenvalue weighted by Crippen LogP contribution is -2.55. The van der Waals surface area contributed by atoms with E-state index in [1.807, 2.05) is 44.0 Å². The number of carbonyl (C=O) groups excluding carboxylic acids is 1. The van der Waals surface area contributed by atoms with Crippen LogP contribution in [0.2, 0.25) is 0 Å². The van der Waals surface area contributed by atoms with Gasteiger partial charge in [0, 0.05) is 37.9 Å². The molecule has 0 unspecified atom stereocenters. The van der Waals surface area contributed by atoms with E-state index in [1.54, 1.807) is 0 Å². The third kappa shape index (κ3) is 4.19. The highest BCUT2D eigenvalue weighted by molar-refractivity contribution is 5.68. The van der Waals surface area contributed by atoms with Crippen LogP contribution in [0.3, 0.4) is 0 Å². The van der Waals surface area contributed by atoms with Crippen LogP contribution in [-0.4, -0.2) is 52.2 Å². The van der Waals surface area contributed by atoms with E-state index in [2.05, 4.69) is 29.8 Å². The predicted molar refractivity (Wildman–Crippen MR) is 86.6 cm³/mol. The average molecular weight is 305 g/mol. The average Bonchev–Trinajstić information content (AvgIpc) is 2.45. The van der Waals surface area contributed by atoms with Crippen molar-refractivity contribution in [2.75, 3.05) is 19.6 Å². The molecule has 122 valence electrons. The number of ether oxygens (including phenoxy) is 1. The molecule has 0 saturated carbocycles. The van der Waals surface area contributed by atoms with E-state index < -0.39 is 5.60 Å². The van der Waals surface area contributed by atoms with Crippen LogP contribution in [0.1, 0.15) is 46.4 Å². The number of rotatable bonds is 2. The van der Waals surface area contributed by atoms with E-state index >= 15 is 0 Å². The Morgan fingerprint density at radius 3 is 2.64 bits per heavy atom. The van der Waals surface area contributed by atoms with E-state index in [1.165, 1.54) is 0 Å². The van der Waals surface area contributed by atoms with Crippen LogP contribution in [0, 0.1) is 0 Å². The molecular formula is C17H27N3O2. The molecule has 1 aromatic heterocycles. The molecule has 22 heavy (non-hydrogen) atoms. The van der Waals surface area contributed by atoms with Gasteiger partial charge in [-0.3, -0.25) is 9.88 Å². The molecule has 1 amide bonds. The van der Waals surface area contributed by atoms with E-state index in [9.17, 15) is 4.79 Å². The molecule has 0 spiro atoms. The third-order valence-corrected chi connectivity index (χ3v) is 3.95. The molecule has 5 nitrogen and oxygen atoms in total. The molecule has 0 aromatic carbocycles. The van der Waals surface area contributed by atoms with Gasteiger partial charge in [-0.05, 0) is 46.8 Å². The number of hydrogen-bond donors (Lipinski definition) is 0. The van der Waals surface area contributed by atoms with Gasteiger partial charge in [0.2, 0.25) is 0 Å². The van der Waals surface area contributed by atoms with Gasteiger partial charge in [-0.15, -0.1) is 0 Å². The summed E-state index contributed by atoms with van der Waals surface area (Å²) in [7, 11) is 0. The second-order valence-electron chi connectivity index (χ2n) is 6.95. The Bertz CT molecular complexity index is 498. The molecule has 1 saturated heterocycles. The lowest BCUT2D eigenvalue weighted by molar-refractivity contribution is -0.00371. The molecule has 0 bridgehead atoms. The fraction of sp³-hybridized carbons (Fsp3) is 0.647. The molecule has 0 radical (unpaired) electrons. The highest BCUT2D eigenvalue weighted by Gasteiger charge is 2.32. The molecule has 0 aliphatic carbocycles. The van der Waals surface area contributed by atoms with Crippen LogP contribution in [0.4, 0.5) is 4.79 Å². The van der Waals surface area contributed by atoms with Gasteiger partial charge in [0.15, 0.2) is 0 Å². The van der Waals surface area contributed by atoms with E-state index in [-0.39, 0.29) is 18.2 Å². The van der Waals surface area contributed by atoms with Crippen LogP contribution in [0.15, 0.2) is 24.4 Å². The highest BCUT2D eigenvalue weighted by Crippen LogP contribution is 2.23. The van der Waals surface area contributed by atoms with Crippen LogP contribution in [-0.2, 0) is 4.74 Å². The van der Waals surface area contributed by atoms with Gasteiger partial charge in [-0.1, -0.05) is 6.07 Å². The Labute approximate surface area is 133 Å². The topological polar surface area (TPSA) is 45.7 Å². The van der Waals surface area contributed by atoms with Crippen molar-refractivity contribution in [3.05, 3.63) is 30.1 Å². The van der Waals surface area contributed by atoms with Crippen molar-refractivity contribution in [1.82, 2.24) is 14.8 Å².